The molecule has 3 aliphatic rings. The number of nitrogens with zero attached hydrogens (tertiary/aromatic N) is 3. The molecule has 1 aliphatic carbocycles. The number of furan rings is 1. The summed E-state index contributed by atoms with van der Waals surface area (Å²) in [5.74, 6) is 0.142. The maximum absolute atomic E-state index is 12.8. The second kappa shape index (κ2) is 9.46. The fourth-order valence-corrected chi connectivity index (χ4v) is 5.66. The molecule has 2 aliphatic heterocycles. The lowest BCUT2D eigenvalue weighted by Gasteiger charge is -2.34. The molecule has 1 aromatic carbocycles. The molecule has 0 spiro atoms. The summed E-state index contributed by atoms with van der Waals surface area (Å²) in [6.45, 7) is 2.13. The summed E-state index contributed by atoms with van der Waals surface area (Å²) in [5.41, 5.74) is 1.64. The smallest absolute Gasteiger partial charge is 0.289 e. The quantitative estimate of drug-likeness (QED) is 0.611. The molecule has 10 nitrogen and oxygen atoms in total. The van der Waals surface area contributed by atoms with Gasteiger partial charge in [0.25, 0.3) is 5.91 Å². The number of fused-ring (bicyclic) bond motifs is 1. The summed E-state index contributed by atoms with van der Waals surface area (Å²) in [4.78, 5) is 42.5. The van der Waals surface area contributed by atoms with E-state index < -0.39 is 10.0 Å². The molecule has 2 aromatic rings. The normalized spacial score (nSPS) is 18.0. The van der Waals surface area contributed by atoms with Gasteiger partial charge < -0.3 is 19.1 Å². The molecular weight excluding hydrogens is 472 g/mol. The number of rotatable bonds is 7. The highest BCUT2D eigenvalue weighted by Gasteiger charge is 2.36. The lowest BCUT2D eigenvalue weighted by molar-refractivity contribution is -0.132. The molecule has 11 heteroatoms. The van der Waals surface area contributed by atoms with E-state index in [0.717, 1.165) is 24.1 Å². The average Bonchev–Trinajstić information content (AvgIpc) is 3.39. The van der Waals surface area contributed by atoms with Gasteiger partial charge in [-0.3, -0.25) is 14.4 Å². The number of carbonyl (C=O) groups excluding carboxylic acids is 3. The van der Waals surface area contributed by atoms with Crippen LogP contribution in [0.2, 0.25) is 0 Å². The fraction of sp³-hybridized carbons (Fsp3) is 0.458. The Bertz CT molecular complexity index is 1230. The molecule has 0 bridgehead atoms. The number of nitrogens with one attached hydrogen (secondary N) is 1. The van der Waals surface area contributed by atoms with Gasteiger partial charge in [-0.1, -0.05) is 0 Å². The van der Waals surface area contributed by atoms with Crippen molar-refractivity contribution < 1.29 is 27.2 Å². The highest BCUT2D eigenvalue weighted by Crippen LogP contribution is 2.37. The van der Waals surface area contributed by atoms with Gasteiger partial charge in [0.15, 0.2) is 5.76 Å². The van der Waals surface area contributed by atoms with Crippen LogP contribution in [0.1, 0.15) is 35.4 Å². The summed E-state index contributed by atoms with van der Waals surface area (Å²) < 4.78 is 33.2. The summed E-state index contributed by atoms with van der Waals surface area (Å²) in [5, 5.41) is 0. The summed E-state index contributed by atoms with van der Waals surface area (Å²) in [6, 6.07) is 8.09. The van der Waals surface area contributed by atoms with Gasteiger partial charge in [0.1, 0.15) is 0 Å². The van der Waals surface area contributed by atoms with Crippen LogP contribution < -0.4 is 9.62 Å². The van der Waals surface area contributed by atoms with Gasteiger partial charge in [-0.25, -0.2) is 13.1 Å². The maximum atomic E-state index is 12.8. The van der Waals surface area contributed by atoms with Crippen LogP contribution in [0.3, 0.4) is 0 Å². The molecule has 35 heavy (non-hydrogen) atoms. The van der Waals surface area contributed by atoms with Crippen molar-refractivity contribution in [3.63, 3.8) is 0 Å². The number of hydrogen-bond acceptors (Lipinski definition) is 6. The molecular formula is C24H28N4O6S. The van der Waals surface area contributed by atoms with E-state index in [1.807, 2.05) is 0 Å². The monoisotopic (exact) mass is 500 g/mol. The van der Waals surface area contributed by atoms with E-state index in [4.69, 9.17) is 4.42 Å². The van der Waals surface area contributed by atoms with E-state index in [0.29, 0.717) is 39.1 Å². The molecule has 1 aromatic heterocycles. The predicted octanol–water partition coefficient (Wildman–Crippen LogP) is 1.23. The Morgan fingerprint density at radius 3 is 2.43 bits per heavy atom. The van der Waals surface area contributed by atoms with E-state index in [1.54, 1.807) is 39.0 Å². The van der Waals surface area contributed by atoms with Crippen LogP contribution in [0.5, 0.6) is 0 Å². The maximum Gasteiger partial charge on any atom is 0.289 e. The molecule has 1 N–H and O–H groups in total. The van der Waals surface area contributed by atoms with Gasteiger partial charge in [-0.15, -0.1) is 0 Å². The van der Waals surface area contributed by atoms with E-state index in [2.05, 4.69) is 4.72 Å². The molecule has 3 amide bonds. The second-order valence-electron chi connectivity index (χ2n) is 9.10. The first-order valence-corrected chi connectivity index (χ1v) is 13.4. The minimum Gasteiger partial charge on any atom is -0.459 e. The van der Waals surface area contributed by atoms with Crippen molar-refractivity contribution in [2.24, 2.45) is 5.92 Å². The first kappa shape index (κ1) is 23.6. The van der Waals surface area contributed by atoms with E-state index in [1.165, 1.54) is 12.3 Å². The molecule has 0 unspecified atom stereocenters. The molecule has 0 atom stereocenters. The van der Waals surface area contributed by atoms with Crippen LogP contribution in [-0.2, 0) is 26.0 Å². The highest BCUT2D eigenvalue weighted by molar-refractivity contribution is 7.89. The van der Waals surface area contributed by atoms with Crippen LogP contribution >= 0.6 is 0 Å². The van der Waals surface area contributed by atoms with Gasteiger partial charge in [-0.2, -0.15) is 0 Å². The van der Waals surface area contributed by atoms with Gasteiger partial charge in [0.05, 0.1) is 11.2 Å². The molecule has 186 valence electrons. The van der Waals surface area contributed by atoms with Crippen molar-refractivity contribution in [3.05, 3.63) is 47.9 Å². The van der Waals surface area contributed by atoms with Gasteiger partial charge in [0.2, 0.25) is 21.8 Å². The fourth-order valence-electron chi connectivity index (χ4n) is 4.57. The van der Waals surface area contributed by atoms with Crippen molar-refractivity contribution in [1.29, 1.82) is 0 Å². The predicted molar refractivity (Wildman–Crippen MR) is 126 cm³/mol. The Balaban J connectivity index is 1.11. The average molecular weight is 501 g/mol. The topological polar surface area (TPSA) is 120 Å². The number of anilines is 1. The largest absolute Gasteiger partial charge is 0.459 e. The lowest BCUT2D eigenvalue weighted by Crippen LogP contribution is -2.51. The third kappa shape index (κ3) is 4.96. The van der Waals surface area contributed by atoms with Crippen LogP contribution in [0.15, 0.2) is 45.9 Å². The number of hydrogen-bond donors (Lipinski definition) is 1. The number of piperazine rings is 1. The Kier molecular flexibility index (Phi) is 6.37. The molecule has 3 heterocycles. The Hall–Kier alpha value is -3.18. The minimum atomic E-state index is -3.78. The standard InChI is InChI=1S/C24H28N4O6S/c29-22(26-11-13-27(14-12-26)24(31)21-2-1-15-34-21)7-9-25-35(32,33)19-5-6-20-18(16-19)8-10-28(20)23(30)17-3-4-17/h1-2,5-6,15-17,25H,3-4,7-14H2. The summed E-state index contributed by atoms with van der Waals surface area (Å²) in [7, 11) is -3.78. The van der Waals surface area contributed by atoms with Crippen LogP contribution in [0, 0.1) is 5.92 Å². The van der Waals surface area contributed by atoms with Crippen LogP contribution in [0.4, 0.5) is 5.69 Å². The number of amides is 3. The number of sulfonamides is 1. The molecule has 5 rings (SSSR count). The SMILES string of the molecule is O=C(CCNS(=O)(=O)c1ccc2c(c1)CCN2C(=O)C1CC1)N1CCN(C(=O)c2ccco2)CC1. The lowest BCUT2D eigenvalue weighted by atomic mass is 10.2. The molecule has 1 saturated heterocycles. The molecule has 1 saturated carbocycles. The van der Waals surface area contributed by atoms with Crippen LogP contribution in [-0.4, -0.2) is 75.2 Å². The van der Waals surface area contributed by atoms with Crippen LogP contribution in [0.25, 0.3) is 0 Å². The first-order chi connectivity index (χ1) is 16.8. The summed E-state index contributed by atoms with van der Waals surface area (Å²) >= 11 is 0. The Morgan fingerprint density at radius 2 is 1.74 bits per heavy atom. The minimum absolute atomic E-state index is 0.0178. The third-order valence-electron chi connectivity index (χ3n) is 6.73. The van der Waals surface area contributed by atoms with Gasteiger partial charge in [-0.05, 0) is 55.2 Å². The highest BCUT2D eigenvalue weighted by atomic mass is 32.2. The second-order valence-corrected chi connectivity index (χ2v) is 10.9. The number of benzene rings is 1. The van der Waals surface area contributed by atoms with Crippen molar-refractivity contribution in [1.82, 2.24) is 14.5 Å². The van der Waals surface area contributed by atoms with Gasteiger partial charge >= 0.3 is 0 Å². The van der Waals surface area contributed by atoms with E-state index >= 15 is 0 Å². The first-order valence-electron chi connectivity index (χ1n) is 11.9. The zero-order valence-corrected chi connectivity index (χ0v) is 20.1. The number of carbonyl (C=O) groups is 3. The zero-order valence-electron chi connectivity index (χ0n) is 19.3. The Morgan fingerprint density at radius 1 is 1.00 bits per heavy atom. The molecule has 2 fully saturated rings. The van der Waals surface area contributed by atoms with Crippen molar-refractivity contribution in [2.75, 3.05) is 44.2 Å². The van der Waals surface area contributed by atoms with E-state index in [-0.39, 0.29) is 47.3 Å². The third-order valence-corrected chi connectivity index (χ3v) is 8.19. The zero-order chi connectivity index (χ0) is 24.6. The van der Waals surface area contributed by atoms with Gasteiger partial charge in [0, 0.05) is 57.3 Å². The van der Waals surface area contributed by atoms with Crippen molar-refractivity contribution in [3.8, 4) is 0 Å². The van der Waals surface area contributed by atoms with Crippen molar-refractivity contribution >= 4 is 33.4 Å². The molecule has 0 radical (unpaired) electrons. The Labute approximate surface area is 203 Å². The summed E-state index contributed by atoms with van der Waals surface area (Å²) in [6.07, 6.45) is 3.96. The van der Waals surface area contributed by atoms with E-state index in [9.17, 15) is 22.8 Å². The van der Waals surface area contributed by atoms with Crippen molar-refractivity contribution in [2.45, 2.75) is 30.6 Å².